The Morgan fingerprint density at radius 1 is 0.949 bits per heavy atom. The molecule has 0 amide bonds. The molecule has 6 nitrogen and oxygen atoms in total. The SMILES string of the molecule is Cc1cc(S(=O)(=O)[O-])c(C(C)C)cc1OC(=O)C1C2c3ccccc3C(c3ccccc32)C1C1CCCC1O. The molecular weight excluding hydrogens is 512 g/mol. The zero-order valence-corrected chi connectivity index (χ0v) is 23.1. The number of hydrogen-bond donors (Lipinski definition) is 1. The van der Waals surface area contributed by atoms with E-state index in [4.69, 9.17) is 4.74 Å². The van der Waals surface area contributed by atoms with Crippen molar-refractivity contribution in [3.05, 3.63) is 94.0 Å². The molecule has 1 saturated carbocycles. The Hall–Kier alpha value is -3.00. The first-order chi connectivity index (χ1) is 18.6. The molecule has 4 aliphatic carbocycles. The molecule has 0 radical (unpaired) electrons. The molecule has 0 saturated heterocycles. The van der Waals surface area contributed by atoms with Gasteiger partial charge in [-0.3, -0.25) is 4.79 Å². The maximum atomic E-state index is 14.3. The van der Waals surface area contributed by atoms with E-state index in [0.717, 1.165) is 30.4 Å². The molecular formula is C32H33O6S-. The summed E-state index contributed by atoms with van der Waals surface area (Å²) in [5.41, 5.74) is 5.44. The fraction of sp³-hybridized carbons (Fsp3) is 0.406. The lowest BCUT2D eigenvalue weighted by Crippen LogP contribution is -2.49. The molecule has 204 valence electrons. The van der Waals surface area contributed by atoms with Gasteiger partial charge in [-0.25, -0.2) is 8.42 Å². The Bertz CT molecular complexity index is 1510. The van der Waals surface area contributed by atoms with E-state index in [1.165, 1.54) is 23.3 Å². The van der Waals surface area contributed by atoms with Gasteiger partial charge in [0, 0.05) is 11.8 Å². The summed E-state index contributed by atoms with van der Waals surface area (Å²) in [5, 5.41) is 11.1. The molecule has 4 unspecified atom stereocenters. The lowest BCUT2D eigenvalue weighted by Gasteiger charge is -2.52. The number of aryl methyl sites for hydroxylation is 1. The Balaban J connectivity index is 1.48. The van der Waals surface area contributed by atoms with Gasteiger partial charge in [0.05, 0.1) is 16.9 Å². The standard InChI is InChI=1S/C32H34O6S/c1-17(2)24-16-26(18(3)15-27(24)39(35,36)37)38-32(34)31-29-21-11-6-4-9-19(21)28(20-10-5-7-12-22(20)29)30(31)23-13-8-14-25(23)33/h4-7,9-12,15-17,23,25,28-31,33H,8,13-14H2,1-3H3,(H,35,36,37)/p-1. The lowest BCUT2D eigenvalue weighted by molar-refractivity contribution is -0.144. The van der Waals surface area contributed by atoms with Crippen LogP contribution in [0.1, 0.15) is 84.2 Å². The summed E-state index contributed by atoms with van der Waals surface area (Å²) in [6.07, 6.45) is 2.04. The van der Waals surface area contributed by atoms with Crippen LogP contribution in [0.25, 0.3) is 0 Å². The van der Waals surface area contributed by atoms with Crippen molar-refractivity contribution < 1.29 is 27.6 Å². The number of esters is 1. The van der Waals surface area contributed by atoms with Crippen LogP contribution in [0.15, 0.2) is 65.6 Å². The maximum absolute atomic E-state index is 14.3. The van der Waals surface area contributed by atoms with Crippen molar-refractivity contribution >= 4 is 16.1 Å². The molecule has 0 aliphatic heterocycles. The van der Waals surface area contributed by atoms with Crippen LogP contribution in [0.4, 0.5) is 0 Å². The maximum Gasteiger partial charge on any atom is 0.315 e. The van der Waals surface area contributed by atoms with Crippen molar-refractivity contribution in [2.24, 2.45) is 17.8 Å². The molecule has 3 aromatic rings. The van der Waals surface area contributed by atoms with E-state index >= 15 is 0 Å². The van der Waals surface area contributed by atoms with Crippen LogP contribution in [0.3, 0.4) is 0 Å². The van der Waals surface area contributed by atoms with Gasteiger partial charge in [0.25, 0.3) is 0 Å². The quantitative estimate of drug-likeness (QED) is 0.254. The topological polar surface area (TPSA) is 104 Å². The van der Waals surface area contributed by atoms with Gasteiger partial charge in [0.15, 0.2) is 0 Å². The van der Waals surface area contributed by atoms with Gasteiger partial charge in [-0.05, 0) is 83.0 Å². The number of aliphatic hydroxyl groups excluding tert-OH is 1. The van der Waals surface area contributed by atoms with Crippen LogP contribution in [0, 0.1) is 24.7 Å². The van der Waals surface area contributed by atoms with E-state index in [2.05, 4.69) is 24.3 Å². The third kappa shape index (κ3) is 4.22. The molecule has 0 aromatic heterocycles. The molecule has 7 rings (SSSR count). The number of ether oxygens (including phenoxy) is 1. The number of hydrogen-bond acceptors (Lipinski definition) is 6. The highest BCUT2D eigenvalue weighted by Gasteiger charge is 2.56. The van der Waals surface area contributed by atoms with Crippen LogP contribution in [0.2, 0.25) is 0 Å². The molecule has 1 N–H and O–H groups in total. The van der Waals surface area contributed by atoms with Gasteiger partial charge in [0.2, 0.25) is 0 Å². The summed E-state index contributed by atoms with van der Waals surface area (Å²) < 4.78 is 42.0. The Kier molecular flexibility index (Phi) is 6.44. The molecule has 4 aliphatic rings. The number of benzene rings is 3. The average Bonchev–Trinajstić information content (AvgIpc) is 3.33. The summed E-state index contributed by atoms with van der Waals surface area (Å²) in [6, 6.07) is 19.4. The fourth-order valence-corrected chi connectivity index (χ4v) is 8.48. The van der Waals surface area contributed by atoms with E-state index in [-0.39, 0.29) is 46.2 Å². The summed E-state index contributed by atoms with van der Waals surface area (Å²) >= 11 is 0. The smallest absolute Gasteiger partial charge is 0.315 e. The van der Waals surface area contributed by atoms with Crippen molar-refractivity contribution in [3.63, 3.8) is 0 Å². The fourth-order valence-electron chi connectivity index (χ4n) is 7.58. The predicted molar refractivity (Wildman–Crippen MR) is 146 cm³/mol. The molecule has 1 fully saturated rings. The average molecular weight is 546 g/mol. The molecule has 39 heavy (non-hydrogen) atoms. The van der Waals surface area contributed by atoms with Crippen molar-refractivity contribution in [1.82, 2.24) is 0 Å². The molecule has 0 heterocycles. The van der Waals surface area contributed by atoms with Gasteiger partial charge in [0.1, 0.15) is 15.9 Å². The number of carbonyl (C=O) groups is 1. The van der Waals surface area contributed by atoms with E-state index in [0.29, 0.717) is 11.1 Å². The highest BCUT2D eigenvalue weighted by atomic mass is 32.2. The first-order valence-electron chi connectivity index (χ1n) is 13.8. The minimum atomic E-state index is -4.68. The Labute approximate surface area is 229 Å². The number of carbonyl (C=O) groups excluding carboxylic acids is 1. The summed E-state index contributed by atoms with van der Waals surface area (Å²) in [5.74, 6) is -1.28. The number of rotatable bonds is 5. The summed E-state index contributed by atoms with van der Waals surface area (Å²) in [7, 11) is -4.68. The third-order valence-electron chi connectivity index (χ3n) is 9.20. The zero-order chi connectivity index (χ0) is 27.6. The Morgan fingerprint density at radius 3 is 2.00 bits per heavy atom. The highest BCUT2D eigenvalue weighted by molar-refractivity contribution is 7.85. The third-order valence-corrected chi connectivity index (χ3v) is 10.1. The van der Waals surface area contributed by atoms with Crippen molar-refractivity contribution in [1.29, 1.82) is 0 Å². The van der Waals surface area contributed by atoms with Crippen LogP contribution in [0.5, 0.6) is 5.75 Å². The predicted octanol–water partition coefficient (Wildman–Crippen LogP) is 5.61. The first kappa shape index (κ1) is 26.2. The molecule has 2 bridgehead atoms. The van der Waals surface area contributed by atoms with Crippen LogP contribution < -0.4 is 4.74 Å². The van der Waals surface area contributed by atoms with Crippen LogP contribution in [-0.4, -0.2) is 30.2 Å². The van der Waals surface area contributed by atoms with E-state index < -0.39 is 22.1 Å². The zero-order valence-electron chi connectivity index (χ0n) is 22.3. The van der Waals surface area contributed by atoms with E-state index in [1.807, 2.05) is 24.3 Å². The summed E-state index contributed by atoms with van der Waals surface area (Å²) in [6.45, 7) is 5.25. The second kappa shape index (κ2) is 9.58. The second-order valence-electron chi connectivity index (χ2n) is 11.7. The summed E-state index contributed by atoms with van der Waals surface area (Å²) in [4.78, 5) is 14.0. The normalized spacial score (nSPS) is 27.3. The van der Waals surface area contributed by atoms with Crippen molar-refractivity contribution in [2.75, 3.05) is 0 Å². The van der Waals surface area contributed by atoms with Gasteiger partial charge in [-0.2, -0.15) is 0 Å². The molecule has 7 heteroatoms. The minimum Gasteiger partial charge on any atom is -0.744 e. The van der Waals surface area contributed by atoms with Gasteiger partial charge < -0.3 is 14.4 Å². The molecule has 3 aromatic carbocycles. The molecule has 0 spiro atoms. The highest BCUT2D eigenvalue weighted by Crippen LogP contribution is 2.62. The first-order valence-corrected chi connectivity index (χ1v) is 15.2. The van der Waals surface area contributed by atoms with Gasteiger partial charge in [-0.15, -0.1) is 0 Å². The number of fused-ring (bicyclic) bond motifs is 1. The van der Waals surface area contributed by atoms with Crippen LogP contribution in [-0.2, 0) is 14.9 Å². The Morgan fingerprint density at radius 2 is 1.51 bits per heavy atom. The van der Waals surface area contributed by atoms with Gasteiger partial charge in [-0.1, -0.05) is 68.8 Å². The minimum absolute atomic E-state index is 0.0296. The van der Waals surface area contributed by atoms with E-state index in [1.54, 1.807) is 20.8 Å². The lowest BCUT2D eigenvalue weighted by atomic mass is 9.51. The molecule has 4 atom stereocenters. The van der Waals surface area contributed by atoms with Crippen molar-refractivity contribution in [2.45, 2.75) is 68.8 Å². The van der Waals surface area contributed by atoms with Crippen molar-refractivity contribution in [3.8, 4) is 5.75 Å². The monoisotopic (exact) mass is 545 g/mol. The van der Waals surface area contributed by atoms with Crippen LogP contribution >= 0.6 is 0 Å². The number of aliphatic hydroxyl groups is 1. The largest absolute Gasteiger partial charge is 0.744 e. The van der Waals surface area contributed by atoms with Gasteiger partial charge >= 0.3 is 5.97 Å². The second-order valence-corrected chi connectivity index (χ2v) is 13.0. The van der Waals surface area contributed by atoms with E-state index in [9.17, 15) is 22.9 Å².